The number of ketones is 1. The maximum Gasteiger partial charge on any atom is 0.409 e. The van der Waals surface area contributed by atoms with Crippen LogP contribution >= 0.6 is 34.5 Å². The minimum absolute atomic E-state index is 0.0906. The molecule has 0 saturated carbocycles. The number of aromatic nitrogens is 2. The number of fused-ring (bicyclic) bond motifs is 1. The zero-order valence-corrected chi connectivity index (χ0v) is 16.7. The maximum atomic E-state index is 12.5. The summed E-state index contributed by atoms with van der Waals surface area (Å²) >= 11 is 12.9. The summed E-state index contributed by atoms with van der Waals surface area (Å²) in [4.78, 5) is 42.4. The molecule has 1 fully saturated rings. The first-order valence-corrected chi connectivity index (χ1v) is 9.78. The summed E-state index contributed by atoms with van der Waals surface area (Å²) in [6.45, 7) is 0.175. The lowest BCUT2D eigenvalue weighted by Gasteiger charge is -2.37. The molecule has 1 aliphatic rings. The highest BCUT2D eigenvalue weighted by Crippen LogP contribution is 2.35. The van der Waals surface area contributed by atoms with E-state index in [0.717, 1.165) is 11.3 Å². The van der Waals surface area contributed by atoms with Crippen molar-refractivity contribution < 1.29 is 19.4 Å². The molecule has 1 N–H and O–H groups in total. The number of nitrogens with zero attached hydrogens (tertiary/aromatic N) is 3. The van der Waals surface area contributed by atoms with E-state index in [4.69, 9.17) is 27.9 Å². The van der Waals surface area contributed by atoms with Gasteiger partial charge < -0.3 is 14.7 Å². The summed E-state index contributed by atoms with van der Waals surface area (Å²) in [6, 6.07) is -0.684. The Hall–Kier alpha value is -1.68. The number of halogens is 2. The van der Waals surface area contributed by atoms with E-state index in [9.17, 15) is 19.5 Å². The quantitative estimate of drug-likeness (QED) is 0.793. The molecule has 0 bridgehead atoms. The second-order valence-electron chi connectivity index (χ2n) is 6.23. The molecule has 27 heavy (non-hydrogen) atoms. The number of methoxy groups -OCH3 is 1. The van der Waals surface area contributed by atoms with Gasteiger partial charge in [0.15, 0.2) is 5.78 Å². The van der Waals surface area contributed by atoms with Crippen LogP contribution in [0.3, 0.4) is 0 Å². The molecule has 0 unspecified atom stereocenters. The molecule has 1 aliphatic heterocycles. The second kappa shape index (κ2) is 8.14. The molecule has 2 aromatic heterocycles. The Bertz CT molecular complexity index is 944. The van der Waals surface area contributed by atoms with E-state index in [0.29, 0.717) is 24.9 Å². The SMILES string of the molecule is COC(=O)N1CCC[C@H](O)[C@H]1CC(=O)Cn1cnc2c(Cl)c(Cl)sc2c1=O. The number of carbonyl (C=O) groups excluding carboxylic acids is 2. The summed E-state index contributed by atoms with van der Waals surface area (Å²) in [6.07, 6.45) is 0.856. The van der Waals surface area contributed by atoms with Crippen LogP contribution in [0.4, 0.5) is 4.79 Å². The van der Waals surface area contributed by atoms with Gasteiger partial charge in [0.1, 0.15) is 14.6 Å². The van der Waals surface area contributed by atoms with Crippen molar-refractivity contribution in [2.24, 2.45) is 0 Å². The van der Waals surface area contributed by atoms with Crippen LogP contribution in [-0.4, -0.2) is 57.2 Å². The van der Waals surface area contributed by atoms with E-state index in [1.165, 1.54) is 22.9 Å². The maximum absolute atomic E-state index is 12.5. The van der Waals surface area contributed by atoms with E-state index in [1.807, 2.05) is 0 Å². The summed E-state index contributed by atoms with van der Waals surface area (Å²) < 4.78 is 6.43. The highest BCUT2D eigenvalue weighted by atomic mass is 35.5. The Balaban J connectivity index is 1.79. The Labute approximate surface area is 168 Å². The molecule has 3 heterocycles. The van der Waals surface area contributed by atoms with Crippen molar-refractivity contribution >= 4 is 56.6 Å². The molecule has 146 valence electrons. The number of aliphatic hydroxyl groups excluding tert-OH is 1. The molecule has 0 aromatic carbocycles. The summed E-state index contributed by atoms with van der Waals surface area (Å²) in [5, 5.41) is 10.4. The van der Waals surface area contributed by atoms with Gasteiger partial charge in [-0.2, -0.15) is 0 Å². The molecule has 2 atom stereocenters. The third-order valence-corrected chi connectivity index (χ3v) is 6.46. The topological polar surface area (TPSA) is 102 Å². The van der Waals surface area contributed by atoms with Crippen LogP contribution in [0.15, 0.2) is 11.1 Å². The fraction of sp³-hybridized carbons (Fsp3) is 0.500. The number of carbonyl (C=O) groups is 2. The van der Waals surface area contributed by atoms with Gasteiger partial charge in [-0.25, -0.2) is 9.78 Å². The predicted octanol–water partition coefficient (Wildman–Crippen LogP) is 2.32. The summed E-state index contributed by atoms with van der Waals surface area (Å²) in [5.41, 5.74) is -0.110. The fourth-order valence-electron chi connectivity index (χ4n) is 3.17. The molecular formula is C16H17Cl2N3O5S. The molecule has 1 saturated heterocycles. The van der Waals surface area contributed by atoms with Crippen molar-refractivity contribution in [2.75, 3.05) is 13.7 Å². The highest BCUT2D eigenvalue weighted by molar-refractivity contribution is 7.23. The van der Waals surface area contributed by atoms with Crippen LogP contribution in [0.25, 0.3) is 10.2 Å². The monoisotopic (exact) mass is 433 g/mol. The van der Waals surface area contributed by atoms with Crippen molar-refractivity contribution in [3.05, 3.63) is 26.0 Å². The molecule has 8 nitrogen and oxygen atoms in total. The average Bonchev–Trinajstić information content (AvgIpc) is 2.94. The summed E-state index contributed by atoms with van der Waals surface area (Å²) in [5.74, 6) is -0.313. The van der Waals surface area contributed by atoms with Crippen LogP contribution in [0.1, 0.15) is 19.3 Å². The number of Topliss-reactive ketones (excluding diaryl/α,β-unsaturated/α-hetero) is 1. The van der Waals surface area contributed by atoms with E-state index in [-0.39, 0.29) is 32.8 Å². The molecular weight excluding hydrogens is 417 g/mol. The van der Waals surface area contributed by atoms with Gasteiger partial charge in [0.05, 0.1) is 37.2 Å². The van der Waals surface area contributed by atoms with Gasteiger partial charge in [-0.3, -0.25) is 14.2 Å². The van der Waals surface area contributed by atoms with E-state index < -0.39 is 23.8 Å². The minimum Gasteiger partial charge on any atom is -0.453 e. The lowest BCUT2D eigenvalue weighted by molar-refractivity contribution is -0.122. The fourth-order valence-corrected chi connectivity index (χ4v) is 4.63. The Morgan fingerprint density at radius 3 is 2.89 bits per heavy atom. The van der Waals surface area contributed by atoms with Crippen molar-refractivity contribution in [2.45, 2.75) is 38.0 Å². The third-order valence-electron chi connectivity index (χ3n) is 4.50. The molecule has 1 amide bonds. The number of hydrogen-bond donors (Lipinski definition) is 1. The number of amides is 1. The number of rotatable bonds is 4. The van der Waals surface area contributed by atoms with Crippen LogP contribution in [0.2, 0.25) is 9.36 Å². The number of ether oxygens (including phenoxy) is 1. The molecule has 0 spiro atoms. The lowest BCUT2D eigenvalue weighted by atomic mass is 9.95. The summed E-state index contributed by atoms with van der Waals surface area (Å²) in [7, 11) is 1.25. The van der Waals surface area contributed by atoms with Gasteiger partial charge in [0, 0.05) is 13.0 Å². The zero-order valence-electron chi connectivity index (χ0n) is 14.4. The van der Waals surface area contributed by atoms with Gasteiger partial charge in [-0.15, -0.1) is 11.3 Å². The first-order valence-electron chi connectivity index (χ1n) is 8.20. The first kappa shape index (κ1) is 20.1. The van der Waals surface area contributed by atoms with E-state index in [1.54, 1.807) is 0 Å². The minimum atomic E-state index is -0.825. The first-order chi connectivity index (χ1) is 12.8. The number of piperidine rings is 1. The molecule has 11 heteroatoms. The van der Waals surface area contributed by atoms with Crippen LogP contribution in [0, 0.1) is 0 Å². The number of hydrogen-bond acceptors (Lipinski definition) is 7. The predicted molar refractivity (Wildman–Crippen MR) is 102 cm³/mol. The smallest absolute Gasteiger partial charge is 0.409 e. The van der Waals surface area contributed by atoms with Crippen molar-refractivity contribution in [3.8, 4) is 0 Å². The van der Waals surface area contributed by atoms with E-state index >= 15 is 0 Å². The molecule has 0 radical (unpaired) electrons. The normalized spacial score (nSPS) is 20.1. The molecule has 2 aromatic rings. The standard InChI is InChI=1S/C16H17Cl2N3O5S/c1-26-16(25)21-4-2-3-10(23)9(21)5-8(22)6-20-7-19-12-11(17)14(18)27-13(12)15(20)24/h7,9-10,23H,2-6H2,1H3/t9-,10+/m1/s1. The second-order valence-corrected chi connectivity index (χ2v) is 8.23. The van der Waals surface area contributed by atoms with Crippen molar-refractivity contribution in [1.29, 1.82) is 0 Å². The number of aliphatic hydroxyl groups is 1. The lowest BCUT2D eigenvalue weighted by Crippen LogP contribution is -2.52. The number of likely N-dealkylation sites (tertiary alicyclic amines) is 1. The van der Waals surface area contributed by atoms with Crippen molar-refractivity contribution in [1.82, 2.24) is 14.5 Å². The van der Waals surface area contributed by atoms with Gasteiger partial charge in [-0.1, -0.05) is 23.2 Å². The molecule has 3 rings (SSSR count). The van der Waals surface area contributed by atoms with Crippen LogP contribution in [0.5, 0.6) is 0 Å². The Morgan fingerprint density at radius 1 is 1.44 bits per heavy atom. The zero-order chi connectivity index (χ0) is 19.7. The Morgan fingerprint density at radius 2 is 2.19 bits per heavy atom. The van der Waals surface area contributed by atoms with Gasteiger partial charge in [-0.05, 0) is 12.8 Å². The van der Waals surface area contributed by atoms with Crippen LogP contribution < -0.4 is 5.56 Å². The van der Waals surface area contributed by atoms with Gasteiger partial charge in [0.2, 0.25) is 0 Å². The Kier molecular flexibility index (Phi) is 6.05. The number of thiophene rings is 1. The van der Waals surface area contributed by atoms with Gasteiger partial charge in [0.25, 0.3) is 5.56 Å². The van der Waals surface area contributed by atoms with E-state index in [2.05, 4.69) is 4.98 Å². The third kappa shape index (κ3) is 3.96. The van der Waals surface area contributed by atoms with Crippen LogP contribution in [-0.2, 0) is 16.1 Å². The highest BCUT2D eigenvalue weighted by Gasteiger charge is 2.35. The largest absolute Gasteiger partial charge is 0.453 e. The van der Waals surface area contributed by atoms with Crippen molar-refractivity contribution in [3.63, 3.8) is 0 Å². The average molecular weight is 434 g/mol. The van der Waals surface area contributed by atoms with Gasteiger partial charge >= 0.3 is 6.09 Å². The molecule has 0 aliphatic carbocycles.